The van der Waals surface area contributed by atoms with Crippen molar-refractivity contribution in [2.45, 2.75) is 25.8 Å². The number of carbonyl (C=O) groups is 1. The first-order valence-corrected chi connectivity index (χ1v) is 5.56. The maximum atomic E-state index is 11.5. The molecule has 1 aromatic carbocycles. The molecule has 0 spiro atoms. The minimum Gasteiger partial charge on any atom is -0.497 e. The van der Waals surface area contributed by atoms with Crippen LogP contribution in [0.3, 0.4) is 0 Å². The van der Waals surface area contributed by atoms with E-state index in [2.05, 4.69) is 5.32 Å². The Morgan fingerprint density at radius 3 is 2.76 bits per heavy atom. The fourth-order valence-electron chi connectivity index (χ4n) is 1.60. The molecule has 0 radical (unpaired) electrons. The molecular weight excluding hydrogens is 218 g/mol. The molecule has 4 heteroatoms. The lowest BCUT2D eigenvalue weighted by Crippen LogP contribution is -2.41. The highest BCUT2D eigenvalue weighted by atomic mass is 16.5. The van der Waals surface area contributed by atoms with Crippen molar-refractivity contribution in [1.29, 1.82) is 0 Å². The monoisotopic (exact) mass is 237 g/mol. The summed E-state index contributed by atoms with van der Waals surface area (Å²) in [4.78, 5) is 11.5. The van der Waals surface area contributed by atoms with E-state index < -0.39 is 5.54 Å². The maximum Gasteiger partial charge on any atom is 0.222 e. The summed E-state index contributed by atoms with van der Waals surface area (Å²) in [5, 5.41) is 11.6. The molecule has 0 heterocycles. The number of aliphatic hydroxyl groups is 1. The van der Waals surface area contributed by atoms with Crippen LogP contribution in [0.4, 0.5) is 0 Å². The molecule has 0 saturated carbocycles. The predicted octanol–water partition coefficient (Wildman–Crippen LogP) is 1.43. The summed E-state index contributed by atoms with van der Waals surface area (Å²) >= 11 is 0. The Hall–Kier alpha value is -1.55. The van der Waals surface area contributed by atoms with Crippen LogP contribution in [0.2, 0.25) is 0 Å². The van der Waals surface area contributed by atoms with E-state index in [1.165, 1.54) is 0 Å². The second kappa shape index (κ2) is 5.68. The highest BCUT2D eigenvalue weighted by Gasteiger charge is 2.22. The summed E-state index contributed by atoms with van der Waals surface area (Å²) < 4.78 is 5.15. The van der Waals surface area contributed by atoms with E-state index in [1.807, 2.05) is 38.1 Å². The Labute approximate surface area is 102 Å². The van der Waals surface area contributed by atoms with Crippen LogP contribution in [0.1, 0.15) is 25.8 Å². The van der Waals surface area contributed by atoms with Gasteiger partial charge in [0.15, 0.2) is 0 Å². The first-order valence-electron chi connectivity index (χ1n) is 5.56. The quantitative estimate of drug-likeness (QED) is 0.814. The summed E-state index contributed by atoms with van der Waals surface area (Å²) in [5.41, 5.74) is 0.476. The maximum absolute atomic E-state index is 11.5. The van der Waals surface area contributed by atoms with Crippen molar-refractivity contribution in [3.8, 4) is 5.75 Å². The highest BCUT2D eigenvalue weighted by Crippen LogP contribution is 2.23. The van der Waals surface area contributed by atoms with Crippen LogP contribution < -0.4 is 10.1 Å². The molecule has 17 heavy (non-hydrogen) atoms. The van der Waals surface area contributed by atoms with Gasteiger partial charge in [-0.15, -0.1) is 0 Å². The molecular formula is C13H19NO3. The largest absolute Gasteiger partial charge is 0.497 e. The number of nitrogens with one attached hydrogen (secondary N) is 1. The summed E-state index contributed by atoms with van der Waals surface area (Å²) in [7, 11) is 1.61. The topological polar surface area (TPSA) is 58.6 Å². The fraction of sp³-hybridized carbons (Fsp3) is 0.462. The van der Waals surface area contributed by atoms with E-state index in [-0.39, 0.29) is 18.9 Å². The molecule has 0 unspecified atom stereocenters. The van der Waals surface area contributed by atoms with Crippen molar-refractivity contribution in [2.75, 3.05) is 13.7 Å². The van der Waals surface area contributed by atoms with E-state index in [4.69, 9.17) is 9.84 Å². The van der Waals surface area contributed by atoms with Crippen molar-refractivity contribution in [3.05, 3.63) is 29.8 Å². The number of hydrogen-bond donors (Lipinski definition) is 2. The van der Waals surface area contributed by atoms with E-state index in [0.717, 1.165) is 11.3 Å². The van der Waals surface area contributed by atoms with E-state index in [1.54, 1.807) is 7.11 Å². The Balaban J connectivity index is 2.84. The van der Waals surface area contributed by atoms with Crippen molar-refractivity contribution >= 4 is 5.91 Å². The Morgan fingerprint density at radius 1 is 1.47 bits per heavy atom. The van der Waals surface area contributed by atoms with Crippen LogP contribution in [0.25, 0.3) is 0 Å². The minimum atomic E-state index is -0.485. The number of ether oxygens (including phenoxy) is 1. The highest BCUT2D eigenvalue weighted by molar-refractivity contribution is 5.77. The lowest BCUT2D eigenvalue weighted by atomic mass is 9.94. The summed E-state index contributed by atoms with van der Waals surface area (Å²) in [6.07, 6.45) is 0.118. The molecule has 0 fully saturated rings. The third-order valence-corrected chi connectivity index (χ3v) is 2.58. The van der Waals surface area contributed by atoms with Crippen molar-refractivity contribution in [2.24, 2.45) is 0 Å². The number of methoxy groups -OCH3 is 1. The Bertz CT molecular complexity index is 388. The van der Waals surface area contributed by atoms with Gasteiger partial charge in [0.05, 0.1) is 19.3 Å². The zero-order valence-corrected chi connectivity index (χ0v) is 10.5. The molecule has 0 aliphatic rings. The number of benzene rings is 1. The third-order valence-electron chi connectivity index (χ3n) is 2.58. The van der Waals surface area contributed by atoms with Gasteiger partial charge in [-0.2, -0.15) is 0 Å². The Morgan fingerprint density at radius 2 is 2.18 bits per heavy atom. The zero-order chi connectivity index (χ0) is 12.9. The van der Waals surface area contributed by atoms with Crippen molar-refractivity contribution in [1.82, 2.24) is 5.32 Å². The number of rotatable bonds is 5. The zero-order valence-electron chi connectivity index (χ0n) is 10.5. The van der Waals surface area contributed by atoms with E-state index in [9.17, 15) is 4.79 Å². The van der Waals surface area contributed by atoms with Gasteiger partial charge in [-0.05, 0) is 31.5 Å². The lowest BCUT2D eigenvalue weighted by molar-refractivity contribution is -0.123. The molecule has 0 saturated heterocycles. The van der Waals surface area contributed by atoms with Gasteiger partial charge in [0.2, 0.25) is 5.91 Å². The average molecular weight is 237 g/mol. The smallest absolute Gasteiger partial charge is 0.222 e. The van der Waals surface area contributed by atoms with E-state index >= 15 is 0 Å². The van der Waals surface area contributed by atoms with Gasteiger partial charge >= 0.3 is 0 Å². The van der Waals surface area contributed by atoms with Crippen LogP contribution in [0.5, 0.6) is 5.75 Å². The minimum absolute atomic E-state index is 0.118. The number of aliphatic hydroxyl groups excluding tert-OH is 1. The normalized spacial score (nSPS) is 11.1. The molecule has 1 amide bonds. The summed E-state index contributed by atoms with van der Waals surface area (Å²) in [6.45, 7) is 3.69. The second-order valence-electron chi connectivity index (χ2n) is 4.38. The van der Waals surface area contributed by atoms with Crippen molar-refractivity contribution in [3.63, 3.8) is 0 Å². The first kappa shape index (κ1) is 13.5. The second-order valence-corrected chi connectivity index (χ2v) is 4.38. The van der Waals surface area contributed by atoms with Crippen molar-refractivity contribution < 1.29 is 14.6 Å². The third kappa shape index (κ3) is 3.75. The van der Waals surface area contributed by atoms with Crippen LogP contribution in [-0.2, 0) is 10.3 Å². The molecule has 4 nitrogen and oxygen atoms in total. The predicted molar refractivity (Wildman–Crippen MR) is 65.9 cm³/mol. The molecule has 0 aromatic heterocycles. The Kier molecular flexibility index (Phi) is 4.52. The average Bonchev–Trinajstić information content (AvgIpc) is 2.28. The number of amides is 1. The molecule has 1 aromatic rings. The molecule has 94 valence electrons. The van der Waals surface area contributed by atoms with Crippen LogP contribution in [-0.4, -0.2) is 24.7 Å². The van der Waals surface area contributed by atoms with Gasteiger partial charge in [-0.25, -0.2) is 0 Å². The van der Waals surface area contributed by atoms with Crippen LogP contribution >= 0.6 is 0 Å². The molecule has 0 bridgehead atoms. The molecule has 1 rings (SSSR count). The van der Waals surface area contributed by atoms with Crippen LogP contribution in [0.15, 0.2) is 24.3 Å². The molecule has 0 aliphatic heterocycles. The molecule has 0 atom stereocenters. The number of hydrogen-bond acceptors (Lipinski definition) is 3. The van der Waals surface area contributed by atoms with Gasteiger partial charge in [0.25, 0.3) is 0 Å². The van der Waals surface area contributed by atoms with Gasteiger partial charge in [0, 0.05) is 6.42 Å². The van der Waals surface area contributed by atoms with Gasteiger partial charge in [0.1, 0.15) is 5.75 Å². The van der Waals surface area contributed by atoms with Gasteiger partial charge < -0.3 is 15.2 Å². The summed E-state index contributed by atoms with van der Waals surface area (Å²) in [5.74, 6) is 0.590. The fourth-order valence-corrected chi connectivity index (χ4v) is 1.60. The molecule has 0 aliphatic carbocycles. The molecule has 2 N–H and O–H groups in total. The van der Waals surface area contributed by atoms with Gasteiger partial charge in [-0.3, -0.25) is 4.79 Å². The van der Waals surface area contributed by atoms with Gasteiger partial charge in [-0.1, -0.05) is 12.1 Å². The van der Waals surface area contributed by atoms with E-state index in [0.29, 0.717) is 0 Å². The lowest BCUT2D eigenvalue weighted by Gasteiger charge is -2.27. The number of carbonyl (C=O) groups excluding carboxylic acids is 1. The standard InChI is InChI=1S/C13H19NO3/c1-13(2,14-12(16)7-8-15)10-5-4-6-11(9-10)17-3/h4-6,9,15H,7-8H2,1-3H3,(H,14,16). The van der Waals surface area contributed by atoms with Crippen LogP contribution in [0, 0.1) is 0 Å². The SMILES string of the molecule is COc1cccc(C(C)(C)NC(=O)CCO)c1. The summed E-state index contributed by atoms with van der Waals surface area (Å²) in [6, 6.07) is 7.56. The first-order chi connectivity index (χ1) is 7.99.